The molecular formula is C20H34N4O4. The van der Waals surface area contributed by atoms with Crippen molar-refractivity contribution in [1.82, 2.24) is 19.6 Å². The maximum absolute atomic E-state index is 12.6. The number of rotatable bonds is 5. The topological polar surface area (TPSA) is 73.4 Å². The van der Waals surface area contributed by atoms with Crippen molar-refractivity contribution in [3.63, 3.8) is 0 Å². The molecule has 3 saturated heterocycles. The van der Waals surface area contributed by atoms with Gasteiger partial charge in [-0.25, -0.2) is 0 Å². The molecule has 28 heavy (non-hydrogen) atoms. The molecule has 0 bridgehead atoms. The highest BCUT2D eigenvalue weighted by atomic mass is 16.5. The predicted octanol–water partition coefficient (Wildman–Crippen LogP) is 0.0281. The van der Waals surface area contributed by atoms with Crippen LogP contribution in [0.3, 0.4) is 0 Å². The lowest BCUT2D eigenvalue weighted by Gasteiger charge is -2.37. The van der Waals surface area contributed by atoms with Crippen LogP contribution in [0.15, 0.2) is 0 Å². The number of ether oxygens (including phenoxy) is 1. The average molecular weight is 395 g/mol. The standard InChI is InChI=1S/C20H34N4O4/c1-28-20(27)17-5-9-24(10-6-17)19(26)16-22-13-11-21(12-14-22)15-18(25)23-7-3-2-4-8-23/h17H,2-16H2,1H3. The van der Waals surface area contributed by atoms with Gasteiger partial charge in [-0.15, -0.1) is 0 Å². The van der Waals surface area contributed by atoms with Crippen LogP contribution in [-0.2, 0) is 19.1 Å². The third-order valence-electron chi connectivity index (χ3n) is 6.27. The number of methoxy groups -OCH3 is 1. The summed E-state index contributed by atoms with van der Waals surface area (Å²) in [5, 5.41) is 0. The number of carbonyl (C=O) groups excluding carboxylic acids is 3. The van der Waals surface area contributed by atoms with Crippen LogP contribution in [0.2, 0.25) is 0 Å². The molecule has 0 saturated carbocycles. The lowest BCUT2D eigenvalue weighted by atomic mass is 9.97. The molecule has 0 aromatic heterocycles. The smallest absolute Gasteiger partial charge is 0.308 e. The van der Waals surface area contributed by atoms with Crippen LogP contribution in [-0.4, -0.2) is 110 Å². The largest absolute Gasteiger partial charge is 0.469 e. The van der Waals surface area contributed by atoms with E-state index in [1.165, 1.54) is 13.5 Å². The number of esters is 1. The molecule has 3 heterocycles. The zero-order valence-electron chi connectivity index (χ0n) is 17.1. The first-order valence-corrected chi connectivity index (χ1v) is 10.6. The molecule has 0 radical (unpaired) electrons. The van der Waals surface area contributed by atoms with Crippen molar-refractivity contribution in [3.8, 4) is 0 Å². The van der Waals surface area contributed by atoms with E-state index >= 15 is 0 Å². The van der Waals surface area contributed by atoms with Crippen molar-refractivity contribution in [1.29, 1.82) is 0 Å². The molecule has 0 aliphatic carbocycles. The number of likely N-dealkylation sites (tertiary alicyclic amines) is 2. The first-order valence-electron chi connectivity index (χ1n) is 10.6. The molecule has 8 heteroatoms. The average Bonchev–Trinajstić information content (AvgIpc) is 2.75. The summed E-state index contributed by atoms with van der Waals surface area (Å²) < 4.78 is 4.80. The van der Waals surface area contributed by atoms with Crippen molar-refractivity contribution in [2.75, 3.05) is 72.6 Å². The molecule has 8 nitrogen and oxygen atoms in total. The molecular weight excluding hydrogens is 360 g/mol. The second-order valence-corrected chi connectivity index (χ2v) is 8.17. The van der Waals surface area contributed by atoms with Crippen LogP contribution in [0, 0.1) is 5.92 Å². The van der Waals surface area contributed by atoms with Gasteiger partial charge in [0.2, 0.25) is 11.8 Å². The molecule has 3 rings (SSSR count). The highest BCUT2D eigenvalue weighted by molar-refractivity contribution is 5.79. The van der Waals surface area contributed by atoms with Gasteiger partial charge >= 0.3 is 5.97 Å². The summed E-state index contributed by atoms with van der Waals surface area (Å²) in [6.07, 6.45) is 4.85. The normalized spacial score (nSPS) is 22.9. The minimum Gasteiger partial charge on any atom is -0.469 e. The molecule has 0 spiro atoms. The lowest BCUT2D eigenvalue weighted by Crippen LogP contribution is -2.53. The summed E-state index contributed by atoms with van der Waals surface area (Å²) in [6.45, 7) is 7.29. The Balaban J connectivity index is 1.34. The number of carbonyl (C=O) groups is 3. The number of nitrogens with zero attached hydrogens (tertiary/aromatic N) is 4. The predicted molar refractivity (Wildman–Crippen MR) is 105 cm³/mol. The third-order valence-corrected chi connectivity index (χ3v) is 6.27. The number of piperidine rings is 2. The molecule has 3 aliphatic rings. The SMILES string of the molecule is COC(=O)C1CCN(C(=O)CN2CCN(CC(=O)N3CCCCC3)CC2)CC1. The summed E-state index contributed by atoms with van der Waals surface area (Å²) in [4.78, 5) is 44.8. The van der Waals surface area contributed by atoms with E-state index in [1.54, 1.807) is 0 Å². The van der Waals surface area contributed by atoms with Gasteiger partial charge in [0.25, 0.3) is 0 Å². The van der Waals surface area contributed by atoms with Gasteiger partial charge in [0.15, 0.2) is 0 Å². The van der Waals surface area contributed by atoms with E-state index in [9.17, 15) is 14.4 Å². The maximum atomic E-state index is 12.6. The third kappa shape index (κ3) is 5.67. The molecule has 0 atom stereocenters. The van der Waals surface area contributed by atoms with Gasteiger partial charge in [-0.05, 0) is 32.1 Å². The maximum Gasteiger partial charge on any atom is 0.308 e. The van der Waals surface area contributed by atoms with E-state index in [0.29, 0.717) is 39.0 Å². The minimum atomic E-state index is -0.165. The Bertz CT molecular complexity index is 548. The molecule has 2 amide bonds. The lowest BCUT2D eigenvalue weighted by molar-refractivity contribution is -0.149. The molecule has 158 valence electrons. The van der Waals surface area contributed by atoms with Crippen LogP contribution in [0.5, 0.6) is 0 Å². The number of hydrogen-bond acceptors (Lipinski definition) is 6. The molecule has 0 N–H and O–H groups in total. The van der Waals surface area contributed by atoms with Crippen molar-refractivity contribution in [2.45, 2.75) is 32.1 Å². The van der Waals surface area contributed by atoms with Gasteiger partial charge in [0, 0.05) is 52.4 Å². The van der Waals surface area contributed by atoms with E-state index in [0.717, 1.165) is 52.1 Å². The highest BCUT2D eigenvalue weighted by Crippen LogP contribution is 2.19. The fourth-order valence-corrected chi connectivity index (χ4v) is 4.36. The summed E-state index contributed by atoms with van der Waals surface area (Å²) in [5.74, 6) is 0.149. The summed E-state index contributed by atoms with van der Waals surface area (Å²) in [7, 11) is 1.42. The number of piperazine rings is 1. The second kappa shape index (κ2) is 10.2. The first-order chi connectivity index (χ1) is 13.6. The monoisotopic (exact) mass is 394 g/mol. The summed E-state index contributed by atoms with van der Waals surface area (Å²) in [5.41, 5.74) is 0. The van der Waals surface area contributed by atoms with E-state index in [-0.39, 0.29) is 23.7 Å². The van der Waals surface area contributed by atoms with Gasteiger partial charge in [-0.3, -0.25) is 24.2 Å². The van der Waals surface area contributed by atoms with Crippen LogP contribution < -0.4 is 0 Å². The Labute approximate surface area is 167 Å². The Kier molecular flexibility index (Phi) is 7.67. The van der Waals surface area contributed by atoms with Gasteiger partial charge in [0.05, 0.1) is 26.1 Å². The van der Waals surface area contributed by atoms with E-state index in [2.05, 4.69) is 9.80 Å². The minimum absolute atomic E-state index is 0.0740. The van der Waals surface area contributed by atoms with E-state index in [1.807, 2.05) is 9.80 Å². The highest BCUT2D eigenvalue weighted by Gasteiger charge is 2.29. The Morgan fingerprint density at radius 3 is 1.64 bits per heavy atom. The first kappa shape index (κ1) is 21.0. The fourth-order valence-electron chi connectivity index (χ4n) is 4.36. The van der Waals surface area contributed by atoms with Crippen LogP contribution >= 0.6 is 0 Å². The Morgan fingerprint density at radius 2 is 1.18 bits per heavy atom. The summed E-state index contributed by atoms with van der Waals surface area (Å²) >= 11 is 0. The van der Waals surface area contributed by atoms with Crippen LogP contribution in [0.1, 0.15) is 32.1 Å². The quantitative estimate of drug-likeness (QED) is 0.613. The van der Waals surface area contributed by atoms with Gasteiger partial charge in [-0.2, -0.15) is 0 Å². The molecule has 3 aliphatic heterocycles. The number of hydrogen-bond donors (Lipinski definition) is 0. The van der Waals surface area contributed by atoms with E-state index in [4.69, 9.17) is 4.74 Å². The summed E-state index contributed by atoms with van der Waals surface area (Å²) in [6, 6.07) is 0. The van der Waals surface area contributed by atoms with Crippen molar-refractivity contribution in [3.05, 3.63) is 0 Å². The Hall–Kier alpha value is -1.67. The van der Waals surface area contributed by atoms with Gasteiger partial charge in [0.1, 0.15) is 0 Å². The van der Waals surface area contributed by atoms with E-state index < -0.39 is 0 Å². The zero-order valence-corrected chi connectivity index (χ0v) is 17.1. The second-order valence-electron chi connectivity index (χ2n) is 8.17. The van der Waals surface area contributed by atoms with Crippen molar-refractivity contribution in [2.24, 2.45) is 5.92 Å². The van der Waals surface area contributed by atoms with Gasteiger partial charge in [-0.1, -0.05) is 0 Å². The molecule has 0 unspecified atom stereocenters. The molecule has 0 aromatic carbocycles. The zero-order chi connectivity index (χ0) is 19.9. The van der Waals surface area contributed by atoms with Crippen LogP contribution in [0.4, 0.5) is 0 Å². The molecule has 3 fully saturated rings. The van der Waals surface area contributed by atoms with Crippen LogP contribution in [0.25, 0.3) is 0 Å². The number of amides is 2. The van der Waals surface area contributed by atoms with Crippen molar-refractivity contribution < 1.29 is 19.1 Å². The van der Waals surface area contributed by atoms with Crippen molar-refractivity contribution >= 4 is 17.8 Å². The Morgan fingerprint density at radius 1 is 0.714 bits per heavy atom. The fraction of sp³-hybridized carbons (Fsp3) is 0.850. The van der Waals surface area contributed by atoms with Gasteiger partial charge < -0.3 is 14.5 Å². The molecule has 0 aromatic rings.